The number of fused-ring (bicyclic) bond motifs is 1. The standard InChI is InChI=1S/C16H20N2O3/c1-6-11-9-13-12(8-7-10(2)18(13)17-11)14(19)16(3,4)15(20)21-5/h7-9H,6H2,1-5H3. The van der Waals surface area contributed by atoms with Gasteiger partial charge < -0.3 is 4.74 Å². The van der Waals surface area contributed by atoms with Crippen molar-refractivity contribution in [2.24, 2.45) is 5.41 Å². The molecule has 21 heavy (non-hydrogen) atoms. The second-order valence-electron chi connectivity index (χ2n) is 5.62. The summed E-state index contributed by atoms with van der Waals surface area (Å²) < 4.78 is 6.49. The fraction of sp³-hybridized carbons (Fsp3) is 0.438. The highest BCUT2D eigenvalue weighted by Gasteiger charge is 2.38. The molecule has 0 fully saturated rings. The second-order valence-corrected chi connectivity index (χ2v) is 5.62. The minimum Gasteiger partial charge on any atom is -0.468 e. The number of carbonyl (C=O) groups excluding carboxylic acids is 2. The maximum absolute atomic E-state index is 12.7. The van der Waals surface area contributed by atoms with Crippen LogP contribution in [0.3, 0.4) is 0 Å². The topological polar surface area (TPSA) is 60.7 Å². The third-order valence-electron chi connectivity index (χ3n) is 3.73. The van der Waals surface area contributed by atoms with Gasteiger partial charge in [-0.3, -0.25) is 9.59 Å². The molecule has 0 aliphatic carbocycles. The number of esters is 1. The van der Waals surface area contributed by atoms with E-state index < -0.39 is 11.4 Å². The van der Waals surface area contributed by atoms with E-state index in [1.807, 2.05) is 26.0 Å². The summed E-state index contributed by atoms with van der Waals surface area (Å²) in [6, 6.07) is 5.48. The van der Waals surface area contributed by atoms with E-state index in [9.17, 15) is 9.59 Å². The molecule has 0 aliphatic heterocycles. The molecule has 0 bridgehead atoms. The first-order valence-electron chi connectivity index (χ1n) is 6.94. The van der Waals surface area contributed by atoms with Gasteiger partial charge in [0.2, 0.25) is 0 Å². The SMILES string of the molecule is CCc1cc2c(C(=O)C(C)(C)C(=O)OC)ccc(C)n2n1. The molecule has 0 atom stereocenters. The average molecular weight is 288 g/mol. The molecule has 0 amide bonds. The summed E-state index contributed by atoms with van der Waals surface area (Å²) in [5.41, 5.74) is 1.85. The summed E-state index contributed by atoms with van der Waals surface area (Å²) in [6.45, 7) is 7.10. The molecular weight excluding hydrogens is 268 g/mol. The molecule has 0 N–H and O–H groups in total. The molecule has 0 radical (unpaired) electrons. The number of ketones is 1. The number of Topliss-reactive ketones (excluding diaryl/α,β-unsaturated/α-hetero) is 1. The van der Waals surface area contributed by atoms with Crippen molar-refractivity contribution in [1.29, 1.82) is 0 Å². The first kappa shape index (κ1) is 15.2. The van der Waals surface area contributed by atoms with Crippen LogP contribution in [0.25, 0.3) is 5.52 Å². The molecular formula is C16H20N2O3. The van der Waals surface area contributed by atoms with Crippen LogP contribution in [-0.2, 0) is 16.0 Å². The summed E-state index contributed by atoms with van der Waals surface area (Å²) >= 11 is 0. The van der Waals surface area contributed by atoms with E-state index in [4.69, 9.17) is 4.74 Å². The highest BCUT2D eigenvalue weighted by atomic mass is 16.5. The third-order valence-corrected chi connectivity index (χ3v) is 3.73. The lowest BCUT2D eigenvalue weighted by atomic mass is 9.84. The van der Waals surface area contributed by atoms with Crippen LogP contribution < -0.4 is 0 Å². The van der Waals surface area contributed by atoms with Crippen molar-refractivity contribution in [1.82, 2.24) is 9.61 Å². The molecule has 0 aromatic carbocycles. The maximum atomic E-state index is 12.7. The molecule has 2 aromatic rings. The molecule has 2 rings (SSSR count). The van der Waals surface area contributed by atoms with E-state index in [1.165, 1.54) is 7.11 Å². The Kier molecular flexibility index (Phi) is 3.85. The van der Waals surface area contributed by atoms with Crippen molar-refractivity contribution in [3.05, 3.63) is 35.2 Å². The number of aromatic nitrogens is 2. The first-order valence-corrected chi connectivity index (χ1v) is 6.94. The van der Waals surface area contributed by atoms with E-state index >= 15 is 0 Å². The average Bonchev–Trinajstić information content (AvgIpc) is 2.91. The number of nitrogens with zero attached hydrogens (tertiary/aromatic N) is 2. The smallest absolute Gasteiger partial charge is 0.319 e. The molecule has 5 heteroatoms. The Labute approximate surface area is 123 Å². The van der Waals surface area contributed by atoms with Crippen LogP contribution in [0.15, 0.2) is 18.2 Å². The van der Waals surface area contributed by atoms with Crippen LogP contribution in [0.1, 0.15) is 42.5 Å². The Morgan fingerprint density at radius 3 is 2.57 bits per heavy atom. The minimum atomic E-state index is -1.22. The number of carbonyl (C=O) groups is 2. The lowest BCUT2D eigenvalue weighted by Crippen LogP contribution is -2.34. The van der Waals surface area contributed by atoms with Crippen LogP contribution in [-0.4, -0.2) is 28.5 Å². The normalized spacial score (nSPS) is 11.7. The van der Waals surface area contributed by atoms with Gasteiger partial charge in [0.15, 0.2) is 5.78 Å². The quantitative estimate of drug-likeness (QED) is 0.493. The Balaban J connectivity index is 2.62. The lowest BCUT2D eigenvalue weighted by Gasteiger charge is -2.20. The summed E-state index contributed by atoms with van der Waals surface area (Å²) in [7, 11) is 1.29. The van der Waals surface area contributed by atoms with Gasteiger partial charge in [-0.05, 0) is 45.4 Å². The number of rotatable bonds is 4. The van der Waals surface area contributed by atoms with Crippen LogP contribution in [0, 0.1) is 12.3 Å². The Morgan fingerprint density at radius 1 is 1.33 bits per heavy atom. The summed E-state index contributed by atoms with van der Waals surface area (Å²) in [6.07, 6.45) is 0.787. The van der Waals surface area contributed by atoms with Crippen LogP contribution in [0.4, 0.5) is 0 Å². The third kappa shape index (κ3) is 2.44. The second kappa shape index (κ2) is 5.31. The molecule has 5 nitrogen and oxygen atoms in total. The Bertz CT molecular complexity index is 714. The van der Waals surface area contributed by atoms with E-state index in [1.54, 1.807) is 24.4 Å². The highest BCUT2D eigenvalue weighted by Crippen LogP contribution is 2.27. The van der Waals surface area contributed by atoms with Gasteiger partial charge in [0.05, 0.1) is 18.3 Å². The molecule has 0 spiro atoms. The maximum Gasteiger partial charge on any atom is 0.319 e. The van der Waals surface area contributed by atoms with E-state index in [0.29, 0.717) is 5.56 Å². The fourth-order valence-electron chi connectivity index (χ4n) is 2.30. The Hall–Kier alpha value is -2.17. The monoisotopic (exact) mass is 288 g/mol. The van der Waals surface area contributed by atoms with Gasteiger partial charge in [-0.15, -0.1) is 0 Å². The summed E-state index contributed by atoms with van der Waals surface area (Å²) in [5.74, 6) is -0.802. The zero-order valence-corrected chi connectivity index (χ0v) is 13.1. The van der Waals surface area contributed by atoms with Crippen LogP contribution in [0.2, 0.25) is 0 Å². The number of pyridine rings is 1. The number of hydrogen-bond donors (Lipinski definition) is 0. The lowest BCUT2D eigenvalue weighted by molar-refractivity contribution is -0.147. The highest BCUT2D eigenvalue weighted by molar-refractivity contribution is 6.14. The molecule has 112 valence electrons. The molecule has 2 aromatic heterocycles. The molecule has 0 aliphatic rings. The van der Waals surface area contributed by atoms with Crippen molar-refractivity contribution in [2.75, 3.05) is 7.11 Å². The van der Waals surface area contributed by atoms with Gasteiger partial charge in [-0.1, -0.05) is 6.92 Å². The molecule has 2 heterocycles. The van der Waals surface area contributed by atoms with Crippen molar-refractivity contribution in [3.8, 4) is 0 Å². The zero-order chi connectivity index (χ0) is 15.8. The molecule has 0 unspecified atom stereocenters. The van der Waals surface area contributed by atoms with E-state index in [-0.39, 0.29) is 5.78 Å². The molecule has 0 saturated heterocycles. The number of methoxy groups -OCH3 is 1. The fourth-order valence-corrected chi connectivity index (χ4v) is 2.30. The van der Waals surface area contributed by atoms with Gasteiger partial charge in [-0.25, -0.2) is 4.52 Å². The van der Waals surface area contributed by atoms with Crippen molar-refractivity contribution < 1.29 is 14.3 Å². The van der Waals surface area contributed by atoms with Crippen molar-refractivity contribution in [3.63, 3.8) is 0 Å². The predicted molar refractivity (Wildman–Crippen MR) is 79.4 cm³/mol. The number of aryl methyl sites for hydroxylation is 2. The molecule has 0 saturated carbocycles. The van der Waals surface area contributed by atoms with Crippen molar-refractivity contribution in [2.45, 2.75) is 34.1 Å². The van der Waals surface area contributed by atoms with Crippen LogP contribution >= 0.6 is 0 Å². The van der Waals surface area contributed by atoms with Gasteiger partial charge in [0.25, 0.3) is 0 Å². The van der Waals surface area contributed by atoms with E-state index in [0.717, 1.165) is 23.3 Å². The van der Waals surface area contributed by atoms with E-state index in [2.05, 4.69) is 5.10 Å². The zero-order valence-electron chi connectivity index (χ0n) is 13.1. The van der Waals surface area contributed by atoms with Crippen LogP contribution in [0.5, 0.6) is 0 Å². The summed E-state index contributed by atoms with van der Waals surface area (Å²) in [5, 5.41) is 4.47. The number of ether oxygens (including phenoxy) is 1. The van der Waals surface area contributed by atoms with Gasteiger partial charge >= 0.3 is 5.97 Å². The minimum absolute atomic E-state index is 0.262. The van der Waals surface area contributed by atoms with Gasteiger partial charge in [0, 0.05) is 11.3 Å². The summed E-state index contributed by atoms with van der Waals surface area (Å²) in [4.78, 5) is 24.6. The predicted octanol–water partition coefficient (Wildman–Crippen LogP) is 2.59. The largest absolute Gasteiger partial charge is 0.468 e. The Morgan fingerprint density at radius 2 is 2.00 bits per heavy atom. The van der Waals surface area contributed by atoms with Gasteiger partial charge in [0.1, 0.15) is 5.41 Å². The van der Waals surface area contributed by atoms with Crippen molar-refractivity contribution >= 4 is 17.3 Å². The number of hydrogen-bond acceptors (Lipinski definition) is 4. The van der Waals surface area contributed by atoms with Gasteiger partial charge in [-0.2, -0.15) is 5.10 Å². The first-order chi connectivity index (χ1) is 9.82.